The number of nitrogens with zero attached hydrogens (tertiary/aromatic N) is 1. The van der Waals surface area contributed by atoms with E-state index in [1.807, 2.05) is 0 Å². The van der Waals surface area contributed by atoms with E-state index in [1.165, 1.54) is 14.2 Å². The summed E-state index contributed by atoms with van der Waals surface area (Å²) < 4.78 is 14.8. The van der Waals surface area contributed by atoms with E-state index in [0.29, 0.717) is 0 Å². The highest BCUT2D eigenvalue weighted by Gasteiger charge is 2.46. The van der Waals surface area contributed by atoms with Crippen molar-refractivity contribution in [1.82, 2.24) is 4.90 Å². The highest BCUT2D eigenvalue weighted by molar-refractivity contribution is 5.89. The Labute approximate surface area is 83.2 Å². The van der Waals surface area contributed by atoms with Crippen LogP contribution in [0.5, 0.6) is 0 Å². The van der Waals surface area contributed by atoms with Gasteiger partial charge in [0.05, 0.1) is 6.04 Å². The van der Waals surface area contributed by atoms with E-state index in [1.54, 1.807) is 11.0 Å². The van der Waals surface area contributed by atoms with Crippen molar-refractivity contribution in [2.24, 2.45) is 0 Å². The topological polar surface area (TPSA) is 48.0 Å². The summed E-state index contributed by atoms with van der Waals surface area (Å²) in [5.41, 5.74) is 0. The maximum atomic E-state index is 11.4. The van der Waals surface area contributed by atoms with Gasteiger partial charge in [-0.05, 0) is 0 Å². The molecule has 1 amide bonds. The highest BCUT2D eigenvalue weighted by atomic mass is 16.7. The van der Waals surface area contributed by atoms with Crippen molar-refractivity contribution in [2.45, 2.75) is 12.1 Å². The standard InChI is InChI=1S/C9H15NO4/c1-4-7-8(14-6-13-3)9(11)10(7)5-12-2/h4,7-8H,1,5-6H2,2-3H3. The summed E-state index contributed by atoms with van der Waals surface area (Å²) in [5, 5.41) is 0. The summed E-state index contributed by atoms with van der Waals surface area (Å²) in [6.07, 6.45) is 1.20. The third kappa shape index (κ3) is 1.95. The molecule has 2 atom stereocenters. The fourth-order valence-electron chi connectivity index (χ4n) is 1.39. The second-order valence-electron chi connectivity index (χ2n) is 2.95. The van der Waals surface area contributed by atoms with Crippen molar-refractivity contribution in [1.29, 1.82) is 0 Å². The number of amides is 1. The number of hydrogen-bond acceptors (Lipinski definition) is 4. The minimum absolute atomic E-state index is 0.0891. The lowest BCUT2D eigenvalue weighted by Crippen LogP contribution is -2.65. The molecule has 0 bridgehead atoms. The zero-order valence-corrected chi connectivity index (χ0v) is 8.43. The van der Waals surface area contributed by atoms with Crippen molar-refractivity contribution in [3.05, 3.63) is 12.7 Å². The molecular weight excluding hydrogens is 186 g/mol. The Balaban J connectivity index is 2.46. The Hall–Kier alpha value is -0.910. The second kappa shape index (κ2) is 5.09. The fraction of sp³-hybridized carbons (Fsp3) is 0.667. The number of likely N-dealkylation sites (tertiary alicyclic amines) is 1. The van der Waals surface area contributed by atoms with E-state index in [2.05, 4.69) is 6.58 Å². The molecule has 0 aromatic carbocycles. The summed E-state index contributed by atoms with van der Waals surface area (Å²) in [6.45, 7) is 4.02. The normalized spacial score (nSPS) is 26.1. The van der Waals surface area contributed by atoms with E-state index in [0.717, 1.165) is 0 Å². The Kier molecular flexibility index (Phi) is 4.06. The van der Waals surface area contributed by atoms with Gasteiger partial charge in [0.15, 0.2) is 6.10 Å². The first kappa shape index (κ1) is 11.2. The van der Waals surface area contributed by atoms with Crippen molar-refractivity contribution < 1.29 is 19.0 Å². The van der Waals surface area contributed by atoms with Crippen molar-refractivity contribution in [3.8, 4) is 0 Å². The summed E-state index contributed by atoms with van der Waals surface area (Å²) >= 11 is 0. The van der Waals surface area contributed by atoms with Crippen molar-refractivity contribution >= 4 is 5.91 Å². The molecule has 14 heavy (non-hydrogen) atoms. The number of hydrogen-bond donors (Lipinski definition) is 0. The molecule has 80 valence electrons. The first-order valence-corrected chi connectivity index (χ1v) is 4.28. The first-order valence-electron chi connectivity index (χ1n) is 4.28. The SMILES string of the molecule is C=CC1C(OCOC)C(=O)N1COC. The van der Waals surface area contributed by atoms with Gasteiger partial charge in [-0.15, -0.1) is 6.58 Å². The van der Waals surface area contributed by atoms with Crippen LogP contribution in [0.4, 0.5) is 0 Å². The Morgan fingerprint density at radius 3 is 2.71 bits per heavy atom. The van der Waals surface area contributed by atoms with E-state index in [4.69, 9.17) is 14.2 Å². The summed E-state index contributed by atoms with van der Waals surface area (Å²) in [6, 6.07) is -0.113. The van der Waals surface area contributed by atoms with E-state index < -0.39 is 6.10 Å². The molecule has 0 aliphatic carbocycles. The van der Waals surface area contributed by atoms with Gasteiger partial charge < -0.3 is 19.1 Å². The third-order valence-electron chi connectivity index (χ3n) is 2.07. The minimum Gasteiger partial charge on any atom is -0.364 e. The van der Waals surface area contributed by atoms with Gasteiger partial charge in [-0.2, -0.15) is 0 Å². The van der Waals surface area contributed by atoms with Crippen LogP contribution in [0.15, 0.2) is 12.7 Å². The quantitative estimate of drug-likeness (QED) is 0.344. The van der Waals surface area contributed by atoms with Gasteiger partial charge in [0.2, 0.25) is 0 Å². The van der Waals surface area contributed by atoms with Crippen LogP contribution >= 0.6 is 0 Å². The number of carbonyl (C=O) groups excluding carboxylic acids is 1. The molecule has 0 radical (unpaired) electrons. The Morgan fingerprint density at radius 1 is 1.50 bits per heavy atom. The lowest BCUT2D eigenvalue weighted by Gasteiger charge is -2.44. The largest absolute Gasteiger partial charge is 0.364 e. The van der Waals surface area contributed by atoms with Crippen LogP contribution in [0.1, 0.15) is 0 Å². The predicted molar refractivity (Wildman–Crippen MR) is 49.5 cm³/mol. The van der Waals surface area contributed by atoms with Gasteiger partial charge in [0.25, 0.3) is 5.91 Å². The molecule has 0 spiro atoms. The molecule has 0 saturated carbocycles. The van der Waals surface area contributed by atoms with Crippen LogP contribution in [-0.4, -0.2) is 50.7 Å². The summed E-state index contributed by atoms with van der Waals surface area (Å²) in [7, 11) is 3.05. The summed E-state index contributed by atoms with van der Waals surface area (Å²) in [5.74, 6) is -0.0891. The number of methoxy groups -OCH3 is 2. The molecule has 0 aromatic heterocycles. The van der Waals surface area contributed by atoms with Gasteiger partial charge in [-0.3, -0.25) is 4.79 Å². The molecule has 2 unspecified atom stereocenters. The molecule has 1 rings (SSSR count). The molecular formula is C9H15NO4. The van der Waals surface area contributed by atoms with E-state index in [9.17, 15) is 4.79 Å². The third-order valence-corrected chi connectivity index (χ3v) is 2.07. The smallest absolute Gasteiger partial charge is 0.256 e. The molecule has 1 aliphatic rings. The Morgan fingerprint density at radius 2 is 2.21 bits per heavy atom. The number of rotatable bonds is 6. The van der Waals surface area contributed by atoms with Crippen LogP contribution in [0.25, 0.3) is 0 Å². The van der Waals surface area contributed by atoms with Crippen molar-refractivity contribution in [2.75, 3.05) is 27.7 Å². The highest BCUT2D eigenvalue weighted by Crippen LogP contribution is 2.23. The zero-order valence-electron chi connectivity index (χ0n) is 8.43. The van der Waals surface area contributed by atoms with E-state index >= 15 is 0 Å². The predicted octanol–water partition coefficient (Wildman–Crippen LogP) is -0.0238. The minimum atomic E-state index is -0.470. The number of β-lactam (4-membered cyclic amide) rings is 1. The molecule has 1 fully saturated rings. The van der Waals surface area contributed by atoms with Crippen LogP contribution in [0.3, 0.4) is 0 Å². The number of ether oxygens (including phenoxy) is 3. The lowest BCUT2D eigenvalue weighted by atomic mass is 9.99. The van der Waals surface area contributed by atoms with Crippen LogP contribution in [-0.2, 0) is 19.0 Å². The monoisotopic (exact) mass is 201 g/mol. The Bertz CT molecular complexity index is 219. The number of carbonyl (C=O) groups is 1. The summed E-state index contributed by atoms with van der Waals surface area (Å²) in [4.78, 5) is 13.0. The van der Waals surface area contributed by atoms with Gasteiger partial charge in [0, 0.05) is 14.2 Å². The zero-order chi connectivity index (χ0) is 10.6. The molecule has 1 saturated heterocycles. The van der Waals surface area contributed by atoms with Gasteiger partial charge in [0.1, 0.15) is 13.5 Å². The molecule has 1 aliphatic heterocycles. The fourth-order valence-corrected chi connectivity index (χ4v) is 1.39. The average molecular weight is 201 g/mol. The first-order chi connectivity index (χ1) is 6.76. The molecule has 5 nitrogen and oxygen atoms in total. The van der Waals surface area contributed by atoms with Crippen molar-refractivity contribution in [3.63, 3.8) is 0 Å². The van der Waals surface area contributed by atoms with Crippen LogP contribution in [0, 0.1) is 0 Å². The maximum absolute atomic E-state index is 11.4. The van der Waals surface area contributed by atoms with Crippen LogP contribution in [0.2, 0.25) is 0 Å². The second-order valence-corrected chi connectivity index (χ2v) is 2.95. The van der Waals surface area contributed by atoms with E-state index in [-0.39, 0.29) is 25.5 Å². The lowest BCUT2D eigenvalue weighted by molar-refractivity contribution is -0.190. The molecule has 1 heterocycles. The van der Waals surface area contributed by atoms with Gasteiger partial charge in [-0.25, -0.2) is 0 Å². The average Bonchev–Trinajstić information content (AvgIpc) is 2.20. The van der Waals surface area contributed by atoms with Gasteiger partial charge >= 0.3 is 0 Å². The molecule has 0 N–H and O–H groups in total. The maximum Gasteiger partial charge on any atom is 0.256 e. The molecule has 5 heteroatoms. The van der Waals surface area contributed by atoms with Crippen LogP contribution < -0.4 is 0 Å². The molecule has 0 aromatic rings. The van der Waals surface area contributed by atoms with Gasteiger partial charge in [-0.1, -0.05) is 6.08 Å².